The third-order valence-corrected chi connectivity index (χ3v) is 5.50. The average Bonchev–Trinajstić information content (AvgIpc) is 3.38. The summed E-state index contributed by atoms with van der Waals surface area (Å²) in [5.74, 6) is -1.16. The molecule has 140 valence electrons. The molecule has 1 amide bonds. The van der Waals surface area contributed by atoms with Gasteiger partial charge in [-0.25, -0.2) is 4.79 Å². The van der Waals surface area contributed by atoms with Gasteiger partial charge in [-0.05, 0) is 47.2 Å². The molecule has 0 spiro atoms. The Balaban J connectivity index is 1.69. The summed E-state index contributed by atoms with van der Waals surface area (Å²) >= 11 is 8.80. The minimum atomic E-state index is -0.599. The van der Waals surface area contributed by atoms with Crippen molar-refractivity contribution in [1.82, 2.24) is 0 Å². The molecular weight excluding hydrogens is 416 g/mol. The molecule has 0 bridgehead atoms. The second kappa shape index (κ2) is 9.33. The monoisotopic (exact) mass is 428 g/mol. The van der Waals surface area contributed by atoms with Crippen LogP contribution < -0.4 is 5.32 Å². The number of amides is 1. The maximum Gasteiger partial charge on any atom is 0.340 e. The van der Waals surface area contributed by atoms with Gasteiger partial charge in [0.2, 0.25) is 0 Å². The summed E-state index contributed by atoms with van der Waals surface area (Å²) in [6, 6.07) is 13.9. The van der Waals surface area contributed by atoms with Crippen molar-refractivity contribution in [2.24, 2.45) is 0 Å². The van der Waals surface area contributed by atoms with Crippen molar-refractivity contribution in [3.8, 4) is 6.07 Å². The molecule has 3 rings (SSSR count). The number of hydrogen-bond acceptors (Lipinski definition) is 6. The minimum absolute atomic E-state index is 0.265. The Labute approximate surface area is 174 Å². The lowest BCUT2D eigenvalue weighted by molar-refractivity contribution is -0.141. The highest BCUT2D eigenvalue weighted by atomic mass is 35.5. The number of benzene rings is 1. The Morgan fingerprint density at radius 3 is 2.64 bits per heavy atom. The summed E-state index contributed by atoms with van der Waals surface area (Å²) in [7, 11) is 0. The zero-order valence-corrected chi connectivity index (χ0v) is 16.7. The number of carbonyl (C=O) groups is 2. The molecule has 2 aromatic heterocycles. The van der Waals surface area contributed by atoms with E-state index in [4.69, 9.17) is 21.6 Å². The largest absolute Gasteiger partial charge is 0.452 e. The number of hydrogen-bond donors (Lipinski definition) is 1. The Bertz CT molecular complexity index is 1050. The van der Waals surface area contributed by atoms with Gasteiger partial charge in [0, 0.05) is 14.8 Å². The lowest BCUT2D eigenvalue weighted by atomic mass is 10.2. The van der Waals surface area contributed by atoms with Gasteiger partial charge in [-0.1, -0.05) is 23.7 Å². The Morgan fingerprint density at radius 2 is 1.96 bits per heavy atom. The number of rotatable bonds is 6. The predicted molar refractivity (Wildman–Crippen MR) is 112 cm³/mol. The number of nitrogens with zero attached hydrogens (tertiary/aromatic N) is 1. The molecule has 0 fully saturated rings. The van der Waals surface area contributed by atoms with Crippen molar-refractivity contribution in [2.75, 3.05) is 11.9 Å². The smallest absolute Gasteiger partial charge is 0.340 e. The zero-order chi connectivity index (χ0) is 19.9. The van der Waals surface area contributed by atoms with Crippen molar-refractivity contribution >= 4 is 63.5 Å². The number of halogens is 1. The Kier molecular flexibility index (Phi) is 6.61. The number of anilines is 1. The lowest BCUT2D eigenvalue weighted by Gasteiger charge is -2.09. The summed E-state index contributed by atoms with van der Waals surface area (Å²) in [6.45, 7) is -0.483. The van der Waals surface area contributed by atoms with Crippen LogP contribution in [0.4, 0.5) is 5.69 Å². The van der Waals surface area contributed by atoms with Gasteiger partial charge in [0.1, 0.15) is 6.07 Å². The van der Waals surface area contributed by atoms with Crippen LogP contribution in [0.2, 0.25) is 5.02 Å². The number of carbonyl (C=O) groups excluding carboxylic acids is 2. The van der Waals surface area contributed by atoms with Crippen molar-refractivity contribution in [3.05, 3.63) is 73.6 Å². The third-order valence-electron chi connectivity index (χ3n) is 3.55. The topological polar surface area (TPSA) is 79.2 Å². The molecule has 1 aromatic carbocycles. The molecule has 0 atom stereocenters. The molecule has 5 nitrogen and oxygen atoms in total. The fourth-order valence-electron chi connectivity index (χ4n) is 2.29. The first-order chi connectivity index (χ1) is 13.6. The predicted octanol–water partition coefficient (Wildman–Crippen LogP) is 5.06. The van der Waals surface area contributed by atoms with Crippen LogP contribution in [-0.2, 0) is 14.3 Å². The van der Waals surface area contributed by atoms with E-state index in [9.17, 15) is 9.59 Å². The van der Waals surface area contributed by atoms with Gasteiger partial charge in [0.25, 0.3) is 5.91 Å². The van der Waals surface area contributed by atoms with E-state index in [0.717, 1.165) is 9.75 Å². The van der Waals surface area contributed by atoms with Gasteiger partial charge in [0.15, 0.2) is 6.61 Å². The van der Waals surface area contributed by atoms with Gasteiger partial charge in [0.05, 0.1) is 16.8 Å². The second-order valence-corrected chi connectivity index (χ2v) is 7.84. The van der Waals surface area contributed by atoms with Crippen LogP contribution in [0.3, 0.4) is 0 Å². The molecule has 0 aliphatic carbocycles. The van der Waals surface area contributed by atoms with Crippen molar-refractivity contribution in [3.63, 3.8) is 0 Å². The van der Waals surface area contributed by atoms with E-state index in [1.807, 2.05) is 41.1 Å². The maximum atomic E-state index is 12.6. The van der Waals surface area contributed by atoms with E-state index in [0.29, 0.717) is 10.6 Å². The molecule has 2 heterocycles. The average molecular weight is 429 g/mol. The van der Waals surface area contributed by atoms with E-state index in [-0.39, 0.29) is 11.3 Å². The highest BCUT2D eigenvalue weighted by Crippen LogP contribution is 2.26. The fraction of sp³-hybridized carbons (Fsp3) is 0.0500. The van der Waals surface area contributed by atoms with Crippen LogP contribution in [0.5, 0.6) is 0 Å². The second-order valence-electron chi connectivity index (χ2n) is 5.48. The van der Waals surface area contributed by atoms with Gasteiger partial charge >= 0.3 is 5.97 Å². The quantitative estimate of drug-likeness (QED) is 0.439. The fourth-order valence-corrected chi connectivity index (χ4v) is 3.85. The SMILES string of the molecule is N#Cc1ccc(Cl)cc1NC(=O)COC(=O)C(=Cc1cccs1)c1cccs1. The molecule has 3 aromatic rings. The van der Waals surface area contributed by atoms with E-state index >= 15 is 0 Å². The van der Waals surface area contributed by atoms with Crippen LogP contribution in [0, 0.1) is 11.3 Å². The molecule has 0 radical (unpaired) electrons. The third kappa shape index (κ3) is 5.08. The normalized spacial score (nSPS) is 10.9. The number of nitrogens with one attached hydrogen (secondary N) is 1. The molecule has 0 aliphatic heterocycles. The molecule has 8 heteroatoms. The van der Waals surface area contributed by atoms with E-state index in [1.54, 1.807) is 12.1 Å². The zero-order valence-electron chi connectivity index (χ0n) is 14.3. The van der Waals surface area contributed by atoms with Crippen LogP contribution in [-0.4, -0.2) is 18.5 Å². The molecule has 0 saturated heterocycles. The Hall–Kier alpha value is -2.92. The van der Waals surface area contributed by atoms with Crippen LogP contribution in [0.25, 0.3) is 11.6 Å². The van der Waals surface area contributed by atoms with Gasteiger partial charge in [-0.3, -0.25) is 4.79 Å². The van der Waals surface area contributed by atoms with Gasteiger partial charge < -0.3 is 10.1 Å². The Morgan fingerprint density at radius 1 is 1.18 bits per heavy atom. The summed E-state index contributed by atoms with van der Waals surface area (Å²) in [5.41, 5.74) is 0.912. The molecule has 28 heavy (non-hydrogen) atoms. The highest BCUT2D eigenvalue weighted by Gasteiger charge is 2.17. The van der Waals surface area contributed by atoms with Crippen LogP contribution in [0.15, 0.2) is 53.2 Å². The highest BCUT2D eigenvalue weighted by molar-refractivity contribution is 7.12. The number of esters is 1. The van der Waals surface area contributed by atoms with E-state index in [2.05, 4.69) is 5.32 Å². The van der Waals surface area contributed by atoms with E-state index in [1.165, 1.54) is 34.8 Å². The summed E-state index contributed by atoms with van der Waals surface area (Å²) in [5, 5.41) is 15.8. The molecule has 1 N–H and O–H groups in total. The van der Waals surface area contributed by atoms with Crippen LogP contribution >= 0.6 is 34.3 Å². The van der Waals surface area contributed by atoms with Crippen LogP contribution in [0.1, 0.15) is 15.3 Å². The van der Waals surface area contributed by atoms with Crippen molar-refractivity contribution in [1.29, 1.82) is 5.26 Å². The minimum Gasteiger partial charge on any atom is -0.452 e. The van der Waals surface area contributed by atoms with Crippen molar-refractivity contribution < 1.29 is 14.3 Å². The number of thiophene rings is 2. The summed E-state index contributed by atoms with van der Waals surface area (Å²) in [6.07, 6.45) is 1.74. The first-order valence-electron chi connectivity index (χ1n) is 8.02. The van der Waals surface area contributed by atoms with Gasteiger partial charge in [-0.2, -0.15) is 5.26 Å². The van der Waals surface area contributed by atoms with E-state index < -0.39 is 18.5 Å². The van der Waals surface area contributed by atoms with Crippen molar-refractivity contribution in [2.45, 2.75) is 0 Å². The van der Waals surface area contributed by atoms with Gasteiger partial charge in [-0.15, -0.1) is 22.7 Å². The number of nitriles is 1. The first kappa shape index (κ1) is 19.8. The molecule has 0 saturated carbocycles. The molecular formula is C20H13ClN2O3S2. The lowest BCUT2D eigenvalue weighted by Crippen LogP contribution is -2.21. The maximum absolute atomic E-state index is 12.6. The summed E-state index contributed by atoms with van der Waals surface area (Å²) in [4.78, 5) is 26.4. The summed E-state index contributed by atoms with van der Waals surface area (Å²) < 4.78 is 5.19. The molecule has 0 unspecified atom stereocenters. The number of ether oxygens (including phenoxy) is 1. The molecule has 0 aliphatic rings. The first-order valence-corrected chi connectivity index (χ1v) is 10.2. The standard InChI is InChI=1S/C20H13ClN2O3S2/c21-14-6-5-13(11-22)17(9-14)23-19(24)12-26-20(25)16(18-4-2-8-28-18)10-15-3-1-7-27-15/h1-10H,12H2,(H,23,24).